The van der Waals surface area contributed by atoms with Crippen molar-refractivity contribution in [3.05, 3.63) is 34.9 Å². The van der Waals surface area contributed by atoms with Crippen molar-refractivity contribution in [3.63, 3.8) is 0 Å². The molecular weight excluding hydrogens is 246 g/mol. The van der Waals surface area contributed by atoms with Gasteiger partial charge in [0.2, 0.25) is 10.0 Å². The molecule has 1 aromatic rings. The smallest absolute Gasteiger partial charge is 0.213 e. The van der Waals surface area contributed by atoms with Gasteiger partial charge in [-0.05, 0) is 38.0 Å². The van der Waals surface area contributed by atoms with E-state index in [2.05, 4.69) is 4.72 Å². The number of hydrogen-bond acceptors (Lipinski definition) is 2. The molecular formula is C11H16ClNO2S. The van der Waals surface area contributed by atoms with Gasteiger partial charge in [0, 0.05) is 11.6 Å². The molecule has 0 spiro atoms. The number of sulfonamides is 1. The van der Waals surface area contributed by atoms with E-state index in [1.807, 2.05) is 18.2 Å². The molecule has 1 rings (SSSR count). The zero-order valence-corrected chi connectivity index (χ0v) is 11.0. The average Bonchev–Trinajstić information content (AvgIpc) is 2.17. The Morgan fingerprint density at radius 3 is 2.62 bits per heavy atom. The van der Waals surface area contributed by atoms with Crippen molar-refractivity contribution in [2.24, 2.45) is 0 Å². The van der Waals surface area contributed by atoms with Gasteiger partial charge in [-0.3, -0.25) is 0 Å². The highest BCUT2D eigenvalue weighted by Crippen LogP contribution is 2.10. The second kappa shape index (κ2) is 5.66. The second-order valence-electron chi connectivity index (χ2n) is 3.87. The lowest BCUT2D eigenvalue weighted by Gasteiger charge is -2.09. The summed E-state index contributed by atoms with van der Waals surface area (Å²) in [4.78, 5) is 0. The van der Waals surface area contributed by atoms with Crippen LogP contribution in [-0.2, 0) is 16.4 Å². The lowest BCUT2D eigenvalue weighted by atomic mass is 10.2. The Balaban J connectivity index is 2.48. The molecule has 0 saturated heterocycles. The number of benzene rings is 1. The van der Waals surface area contributed by atoms with Crippen LogP contribution in [0.4, 0.5) is 0 Å². The van der Waals surface area contributed by atoms with Gasteiger partial charge in [0.1, 0.15) is 0 Å². The Hall–Kier alpha value is -0.580. The van der Waals surface area contributed by atoms with E-state index in [-0.39, 0.29) is 0 Å². The van der Waals surface area contributed by atoms with Crippen molar-refractivity contribution in [2.75, 3.05) is 6.54 Å². The largest absolute Gasteiger partial charge is 0.215 e. The van der Waals surface area contributed by atoms with E-state index in [1.54, 1.807) is 19.9 Å². The van der Waals surface area contributed by atoms with Crippen molar-refractivity contribution >= 4 is 21.6 Å². The summed E-state index contributed by atoms with van der Waals surface area (Å²) in [5, 5.41) is 0.274. The van der Waals surface area contributed by atoms with Gasteiger partial charge >= 0.3 is 0 Å². The summed E-state index contributed by atoms with van der Waals surface area (Å²) >= 11 is 5.83. The molecule has 1 aromatic carbocycles. The number of halogens is 1. The fraction of sp³-hybridized carbons (Fsp3) is 0.455. The predicted molar refractivity (Wildman–Crippen MR) is 67.2 cm³/mol. The Morgan fingerprint density at radius 1 is 1.38 bits per heavy atom. The fourth-order valence-electron chi connectivity index (χ4n) is 1.20. The molecule has 0 unspecified atom stereocenters. The summed E-state index contributed by atoms with van der Waals surface area (Å²) in [7, 11) is -3.16. The summed E-state index contributed by atoms with van der Waals surface area (Å²) in [6.45, 7) is 3.71. The number of nitrogens with one attached hydrogen (secondary N) is 1. The lowest BCUT2D eigenvalue weighted by molar-refractivity contribution is 0.572. The van der Waals surface area contributed by atoms with Gasteiger partial charge in [0.15, 0.2) is 0 Å². The Labute approximate surface area is 102 Å². The molecule has 0 heterocycles. The summed E-state index contributed by atoms with van der Waals surface area (Å²) in [5.74, 6) is 0. The quantitative estimate of drug-likeness (QED) is 0.883. The SMILES string of the molecule is CC(C)S(=O)(=O)NCCc1cccc(Cl)c1. The van der Waals surface area contributed by atoms with Crippen LogP contribution in [0.15, 0.2) is 24.3 Å². The molecule has 0 aliphatic rings. The standard InChI is InChI=1S/C11H16ClNO2S/c1-9(2)16(14,15)13-7-6-10-4-3-5-11(12)8-10/h3-5,8-9,13H,6-7H2,1-2H3. The van der Waals surface area contributed by atoms with E-state index in [9.17, 15) is 8.42 Å². The highest BCUT2D eigenvalue weighted by atomic mass is 35.5. The minimum Gasteiger partial charge on any atom is -0.215 e. The zero-order valence-electron chi connectivity index (χ0n) is 9.40. The van der Waals surface area contributed by atoms with Gasteiger partial charge in [-0.15, -0.1) is 0 Å². The minimum atomic E-state index is -3.16. The van der Waals surface area contributed by atoms with Crippen molar-refractivity contribution in [3.8, 4) is 0 Å². The van der Waals surface area contributed by atoms with Crippen LogP contribution >= 0.6 is 11.6 Å². The number of hydrogen-bond donors (Lipinski definition) is 1. The van der Waals surface area contributed by atoms with E-state index in [4.69, 9.17) is 11.6 Å². The maximum atomic E-state index is 11.5. The van der Waals surface area contributed by atoms with Crippen molar-refractivity contribution in [1.29, 1.82) is 0 Å². The van der Waals surface area contributed by atoms with Crippen LogP contribution in [0.25, 0.3) is 0 Å². The molecule has 5 heteroatoms. The van der Waals surface area contributed by atoms with Crippen LogP contribution in [0.3, 0.4) is 0 Å². The normalized spacial score (nSPS) is 12.0. The first-order valence-corrected chi connectivity index (χ1v) is 7.07. The summed E-state index contributed by atoms with van der Waals surface area (Å²) in [5.41, 5.74) is 1.03. The monoisotopic (exact) mass is 261 g/mol. The maximum Gasteiger partial charge on any atom is 0.213 e. The molecule has 3 nitrogen and oxygen atoms in total. The molecule has 0 aliphatic heterocycles. The highest BCUT2D eigenvalue weighted by Gasteiger charge is 2.14. The third-order valence-electron chi connectivity index (χ3n) is 2.23. The molecule has 0 atom stereocenters. The van der Waals surface area contributed by atoms with Gasteiger partial charge < -0.3 is 0 Å². The summed E-state index contributed by atoms with van der Waals surface area (Å²) in [6, 6.07) is 7.42. The first-order valence-electron chi connectivity index (χ1n) is 5.15. The lowest BCUT2D eigenvalue weighted by Crippen LogP contribution is -2.32. The van der Waals surface area contributed by atoms with Crippen LogP contribution in [0.5, 0.6) is 0 Å². The third-order valence-corrected chi connectivity index (χ3v) is 4.31. The third kappa shape index (κ3) is 4.12. The molecule has 1 N–H and O–H groups in total. The van der Waals surface area contributed by atoms with Crippen LogP contribution < -0.4 is 4.72 Å². The fourth-order valence-corrected chi connectivity index (χ4v) is 2.13. The van der Waals surface area contributed by atoms with Gasteiger partial charge in [-0.25, -0.2) is 13.1 Å². The molecule has 0 radical (unpaired) electrons. The molecule has 0 amide bonds. The molecule has 0 aliphatic carbocycles. The minimum absolute atomic E-state index is 0.396. The maximum absolute atomic E-state index is 11.5. The average molecular weight is 262 g/mol. The molecule has 0 saturated carbocycles. The van der Waals surface area contributed by atoms with Crippen LogP contribution in [-0.4, -0.2) is 20.2 Å². The van der Waals surface area contributed by atoms with Crippen molar-refractivity contribution in [1.82, 2.24) is 4.72 Å². The van der Waals surface area contributed by atoms with E-state index < -0.39 is 15.3 Å². The summed E-state index contributed by atoms with van der Waals surface area (Å²) < 4.78 is 25.5. The number of rotatable bonds is 5. The van der Waals surface area contributed by atoms with Crippen molar-refractivity contribution in [2.45, 2.75) is 25.5 Å². The first-order chi connectivity index (χ1) is 7.42. The Morgan fingerprint density at radius 2 is 2.06 bits per heavy atom. The van der Waals surface area contributed by atoms with E-state index >= 15 is 0 Å². The van der Waals surface area contributed by atoms with E-state index in [0.29, 0.717) is 18.0 Å². The Bertz CT molecular complexity index is 443. The summed E-state index contributed by atoms with van der Waals surface area (Å²) in [6.07, 6.45) is 0.645. The van der Waals surface area contributed by atoms with Crippen LogP contribution in [0.2, 0.25) is 5.02 Å². The first kappa shape index (κ1) is 13.5. The molecule has 0 bridgehead atoms. The second-order valence-corrected chi connectivity index (χ2v) is 6.63. The van der Waals surface area contributed by atoms with Gasteiger partial charge in [0.25, 0.3) is 0 Å². The Kier molecular flexibility index (Phi) is 4.77. The molecule has 0 fully saturated rings. The van der Waals surface area contributed by atoms with Gasteiger partial charge in [-0.2, -0.15) is 0 Å². The topological polar surface area (TPSA) is 46.2 Å². The zero-order chi connectivity index (χ0) is 12.2. The van der Waals surface area contributed by atoms with Gasteiger partial charge in [-0.1, -0.05) is 23.7 Å². The van der Waals surface area contributed by atoms with Crippen LogP contribution in [0.1, 0.15) is 19.4 Å². The van der Waals surface area contributed by atoms with E-state index in [0.717, 1.165) is 5.56 Å². The van der Waals surface area contributed by atoms with Crippen molar-refractivity contribution < 1.29 is 8.42 Å². The highest BCUT2D eigenvalue weighted by molar-refractivity contribution is 7.90. The molecule has 0 aromatic heterocycles. The molecule has 16 heavy (non-hydrogen) atoms. The molecule has 90 valence electrons. The van der Waals surface area contributed by atoms with Crippen LogP contribution in [0, 0.1) is 0 Å². The van der Waals surface area contributed by atoms with Gasteiger partial charge in [0.05, 0.1) is 5.25 Å². The van der Waals surface area contributed by atoms with E-state index in [1.165, 1.54) is 0 Å². The predicted octanol–water partition coefficient (Wildman–Crippen LogP) is 2.21.